The first-order valence-corrected chi connectivity index (χ1v) is 6.98. The van der Waals surface area contributed by atoms with Crippen LogP contribution in [-0.4, -0.2) is 28.4 Å². The van der Waals surface area contributed by atoms with E-state index >= 15 is 0 Å². The molecule has 1 aliphatic rings. The van der Waals surface area contributed by atoms with Crippen molar-refractivity contribution in [3.63, 3.8) is 0 Å². The van der Waals surface area contributed by atoms with Gasteiger partial charge in [-0.1, -0.05) is 0 Å². The van der Waals surface area contributed by atoms with E-state index in [2.05, 4.69) is 10.3 Å². The number of ether oxygens (including phenoxy) is 1. The summed E-state index contributed by atoms with van der Waals surface area (Å²) in [6.07, 6.45) is 0.835. The molecule has 1 aromatic rings. The van der Waals surface area contributed by atoms with Crippen molar-refractivity contribution in [3.05, 3.63) is 29.3 Å². The van der Waals surface area contributed by atoms with Crippen molar-refractivity contribution < 1.29 is 14.6 Å². The van der Waals surface area contributed by atoms with Gasteiger partial charge in [0.2, 0.25) is 6.19 Å². The van der Waals surface area contributed by atoms with Gasteiger partial charge in [-0.3, -0.25) is 4.79 Å². The average Bonchev–Trinajstić information content (AvgIpc) is 2.43. The molecule has 0 unspecified atom stereocenters. The summed E-state index contributed by atoms with van der Waals surface area (Å²) in [5.74, 6) is 0.925. The summed E-state index contributed by atoms with van der Waals surface area (Å²) in [5.41, 5.74) is 0.401. The topological polar surface area (TPSA) is 94.7 Å². The summed E-state index contributed by atoms with van der Waals surface area (Å²) in [6.45, 7) is 6.69. The Balaban J connectivity index is 2.51. The molecule has 1 aromatic carbocycles. The minimum Gasteiger partial charge on any atom is -0.485 e. The number of hydrogen-bond donors (Lipinski definition) is 2. The standard InChI is InChI=1S/C16H19N3O3/c1-9(20)11-5-6-13-12(7-11)14(19-10(2)18-8-17)15(21)16(3,4)22-13/h5-7,14-15,21H,1-4H3,(H,18,19)/t14-,15+/m1/s1. The van der Waals surface area contributed by atoms with Gasteiger partial charge in [-0.05, 0) is 45.9 Å². The molecule has 2 atom stereocenters. The van der Waals surface area contributed by atoms with Crippen molar-refractivity contribution in [2.45, 2.75) is 45.4 Å². The average molecular weight is 301 g/mol. The number of aliphatic hydroxyl groups is 1. The highest BCUT2D eigenvalue weighted by atomic mass is 16.5. The molecule has 0 amide bonds. The zero-order chi connectivity index (χ0) is 16.5. The van der Waals surface area contributed by atoms with E-state index in [1.807, 2.05) is 0 Å². The highest BCUT2D eigenvalue weighted by molar-refractivity contribution is 5.94. The molecule has 0 saturated carbocycles. The van der Waals surface area contributed by atoms with Gasteiger partial charge in [-0.2, -0.15) is 10.3 Å². The molecule has 6 nitrogen and oxygen atoms in total. The fraction of sp³-hybridized carbons (Fsp3) is 0.438. The van der Waals surface area contributed by atoms with Gasteiger partial charge in [-0.15, -0.1) is 0 Å². The number of aliphatic hydroxyl groups excluding tert-OH is 1. The Bertz CT molecular complexity index is 674. The third-order valence-electron chi connectivity index (χ3n) is 3.73. The molecule has 0 spiro atoms. The lowest BCUT2D eigenvalue weighted by Gasteiger charge is -2.42. The SMILES string of the molecule is CC(=O)c1ccc2c(c1)[C@@H](NC(C)=NC#N)[C@H](O)C(C)(C)O2. The number of ketones is 1. The van der Waals surface area contributed by atoms with E-state index in [-0.39, 0.29) is 5.78 Å². The number of carbonyl (C=O) groups excluding carboxylic acids is 1. The van der Waals surface area contributed by atoms with E-state index in [1.54, 1.807) is 45.2 Å². The van der Waals surface area contributed by atoms with Crippen LogP contribution in [0, 0.1) is 11.5 Å². The van der Waals surface area contributed by atoms with Crippen LogP contribution in [0.1, 0.15) is 49.7 Å². The molecule has 0 fully saturated rings. The Labute approximate surface area is 129 Å². The number of Topliss-reactive ketones (excluding diaryl/α,β-unsaturated/α-hetero) is 1. The van der Waals surface area contributed by atoms with Gasteiger partial charge >= 0.3 is 0 Å². The van der Waals surface area contributed by atoms with Crippen LogP contribution in [0.3, 0.4) is 0 Å². The molecule has 0 saturated heterocycles. The van der Waals surface area contributed by atoms with Crippen LogP contribution in [0.2, 0.25) is 0 Å². The van der Waals surface area contributed by atoms with Gasteiger partial charge in [0.25, 0.3) is 0 Å². The Hall–Kier alpha value is -2.39. The van der Waals surface area contributed by atoms with Crippen LogP contribution >= 0.6 is 0 Å². The number of amidine groups is 1. The molecular formula is C16H19N3O3. The zero-order valence-electron chi connectivity index (χ0n) is 13.0. The number of fused-ring (bicyclic) bond motifs is 1. The molecular weight excluding hydrogens is 282 g/mol. The number of benzene rings is 1. The van der Waals surface area contributed by atoms with Gasteiger partial charge in [0.15, 0.2) is 5.78 Å². The molecule has 6 heteroatoms. The predicted octanol–water partition coefficient (Wildman–Crippen LogP) is 1.95. The number of rotatable bonds is 2. The first-order chi connectivity index (χ1) is 10.3. The normalized spacial score (nSPS) is 23.0. The largest absolute Gasteiger partial charge is 0.485 e. The van der Waals surface area contributed by atoms with Gasteiger partial charge in [0.1, 0.15) is 23.3 Å². The lowest BCUT2D eigenvalue weighted by Crippen LogP contribution is -2.53. The maximum Gasteiger partial charge on any atom is 0.207 e. The number of carbonyl (C=O) groups is 1. The third kappa shape index (κ3) is 2.95. The molecule has 116 valence electrons. The van der Waals surface area contributed by atoms with E-state index in [9.17, 15) is 9.90 Å². The fourth-order valence-corrected chi connectivity index (χ4v) is 2.51. The maximum atomic E-state index is 11.6. The summed E-state index contributed by atoms with van der Waals surface area (Å²) < 4.78 is 5.83. The van der Waals surface area contributed by atoms with Crippen LogP contribution < -0.4 is 10.1 Å². The number of nitriles is 1. The van der Waals surface area contributed by atoms with Gasteiger partial charge in [0, 0.05) is 11.1 Å². The lowest BCUT2D eigenvalue weighted by atomic mass is 9.85. The highest BCUT2D eigenvalue weighted by Gasteiger charge is 2.43. The lowest BCUT2D eigenvalue weighted by molar-refractivity contribution is -0.0610. The molecule has 1 aliphatic heterocycles. The van der Waals surface area contributed by atoms with Gasteiger partial charge < -0.3 is 15.2 Å². The van der Waals surface area contributed by atoms with E-state index in [0.717, 1.165) is 0 Å². The van der Waals surface area contributed by atoms with Crippen LogP contribution in [0.25, 0.3) is 0 Å². The predicted molar refractivity (Wildman–Crippen MR) is 81.8 cm³/mol. The minimum absolute atomic E-state index is 0.0664. The Kier molecular flexibility index (Phi) is 4.20. The van der Waals surface area contributed by atoms with Gasteiger partial charge in [-0.25, -0.2) is 0 Å². The molecule has 0 aromatic heterocycles. The van der Waals surface area contributed by atoms with Crippen molar-refractivity contribution in [1.29, 1.82) is 5.26 Å². The number of aliphatic imine (C=N–C) groups is 1. The number of nitrogens with zero attached hydrogens (tertiary/aromatic N) is 2. The second-order valence-electron chi connectivity index (χ2n) is 5.88. The summed E-state index contributed by atoms with van der Waals surface area (Å²) in [5, 5.41) is 22.3. The summed E-state index contributed by atoms with van der Waals surface area (Å²) in [7, 11) is 0. The fourth-order valence-electron chi connectivity index (χ4n) is 2.51. The quantitative estimate of drug-likeness (QED) is 0.377. The third-order valence-corrected chi connectivity index (χ3v) is 3.73. The zero-order valence-corrected chi connectivity index (χ0v) is 13.0. The van der Waals surface area contributed by atoms with Crippen LogP contribution in [-0.2, 0) is 0 Å². The molecule has 2 rings (SSSR count). The van der Waals surface area contributed by atoms with E-state index in [0.29, 0.717) is 22.7 Å². The molecule has 1 heterocycles. The number of nitrogens with one attached hydrogen (secondary N) is 1. The second-order valence-corrected chi connectivity index (χ2v) is 5.88. The van der Waals surface area contributed by atoms with E-state index < -0.39 is 17.7 Å². The van der Waals surface area contributed by atoms with Crippen LogP contribution in [0.5, 0.6) is 5.75 Å². The monoisotopic (exact) mass is 301 g/mol. The first-order valence-electron chi connectivity index (χ1n) is 6.98. The first kappa shape index (κ1) is 16.0. The summed E-state index contributed by atoms with van der Waals surface area (Å²) in [4.78, 5) is 15.2. The van der Waals surface area contributed by atoms with E-state index in [4.69, 9.17) is 10.00 Å². The summed E-state index contributed by atoms with van der Waals surface area (Å²) >= 11 is 0. The molecule has 22 heavy (non-hydrogen) atoms. The molecule has 2 N–H and O–H groups in total. The van der Waals surface area contributed by atoms with Crippen LogP contribution in [0.15, 0.2) is 23.2 Å². The Morgan fingerprint density at radius 3 is 2.73 bits per heavy atom. The van der Waals surface area contributed by atoms with Crippen LogP contribution in [0.4, 0.5) is 0 Å². The Morgan fingerprint density at radius 2 is 2.14 bits per heavy atom. The van der Waals surface area contributed by atoms with Crippen molar-refractivity contribution in [2.75, 3.05) is 0 Å². The van der Waals surface area contributed by atoms with Crippen molar-refractivity contribution in [3.8, 4) is 11.9 Å². The second kappa shape index (κ2) is 5.78. The Morgan fingerprint density at radius 1 is 1.45 bits per heavy atom. The van der Waals surface area contributed by atoms with Crippen molar-refractivity contribution >= 4 is 11.6 Å². The summed E-state index contributed by atoms with van der Waals surface area (Å²) in [6, 6.07) is 4.61. The van der Waals surface area contributed by atoms with E-state index in [1.165, 1.54) is 6.92 Å². The molecule has 0 bridgehead atoms. The van der Waals surface area contributed by atoms with Crippen molar-refractivity contribution in [1.82, 2.24) is 5.32 Å². The highest BCUT2D eigenvalue weighted by Crippen LogP contribution is 2.40. The van der Waals surface area contributed by atoms with Crippen molar-refractivity contribution in [2.24, 2.45) is 4.99 Å². The smallest absolute Gasteiger partial charge is 0.207 e. The minimum atomic E-state index is -0.869. The maximum absolute atomic E-state index is 11.6. The molecule has 0 radical (unpaired) electrons. The number of hydrogen-bond acceptors (Lipinski definition) is 5. The molecule has 0 aliphatic carbocycles. The van der Waals surface area contributed by atoms with Gasteiger partial charge in [0.05, 0.1) is 6.04 Å².